The van der Waals surface area contributed by atoms with Crippen molar-refractivity contribution in [2.24, 2.45) is 0 Å². The van der Waals surface area contributed by atoms with Gasteiger partial charge >= 0.3 is 0 Å². The van der Waals surface area contributed by atoms with Gasteiger partial charge in [0.15, 0.2) is 5.82 Å². The molecule has 15 heavy (non-hydrogen) atoms. The molecule has 0 aromatic carbocycles. The summed E-state index contributed by atoms with van der Waals surface area (Å²) >= 11 is 1.73. The van der Waals surface area contributed by atoms with Crippen molar-refractivity contribution >= 4 is 11.3 Å². The van der Waals surface area contributed by atoms with Crippen LogP contribution in [0.3, 0.4) is 0 Å². The highest BCUT2D eigenvalue weighted by molar-refractivity contribution is 7.13. The van der Waals surface area contributed by atoms with Crippen LogP contribution in [0.15, 0.2) is 17.5 Å². The minimum Gasteiger partial charge on any atom is -0.310 e. The van der Waals surface area contributed by atoms with Crippen LogP contribution in [-0.2, 0) is 6.54 Å². The maximum absolute atomic E-state index is 4.31. The van der Waals surface area contributed by atoms with Crippen LogP contribution in [0.4, 0.5) is 0 Å². The van der Waals surface area contributed by atoms with Crippen molar-refractivity contribution in [1.82, 2.24) is 14.8 Å². The first kappa shape index (κ1) is 9.09. The normalized spacial score (nSPS) is 20.2. The number of hydrogen-bond acceptors (Lipinski definition) is 3. The highest BCUT2D eigenvalue weighted by Crippen LogP contribution is 2.31. The molecular formula is C11H13N3S. The molecule has 3 rings (SSSR count). The molecule has 0 fully saturated rings. The highest BCUT2D eigenvalue weighted by atomic mass is 32.1. The van der Waals surface area contributed by atoms with Gasteiger partial charge in [0.05, 0.1) is 4.88 Å². The molecular weight excluding hydrogens is 206 g/mol. The molecule has 1 aliphatic rings. The smallest absolute Gasteiger partial charge is 0.174 e. The molecule has 0 saturated heterocycles. The number of hydrogen-bond donors (Lipinski definition) is 0. The Bertz CT molecular complexity index is 458. The second-order valence-electron chi connectivity index (χ2n) is 4.05. The quantitative estimate of drug-likeness (QED) is 0.738. The van der Waals surface area contributed by atoms with Crippen molar-refractivity contribution in [3.8, 4) is 10.7 Å². The van der Waals surface area contributed by atoms with Crippen molar-refractivity contribution in [1.29, 1.82) is 0 Å². The summed E-state index contributed by atoms with van der Waals surface area (Å²) in [5.74, 6) is 2.76. The van der Waals surface area contributed by atoms with Crippen LogP contribution in [0.2, 0.25) is 0 Å². The third-order valence-corrected chi connectivity index (χ3v) is 3.85. The molecule has 1 atom stereocenters. The second-order valence-corrected chi connectivity index (χ2v) is 5.00. The van der Waals surface area contributed by atoms with Crippen LogP contribution in [0.5, 0.6) is 0 Å². The predicted molar refractivity (Wildman–Crippen MR) is 61.0 cm³/mol. The van der Waals surface area contributed by atoms with E-state index in [1.807, 2.05) is 0 Å². The van der Waals surface area contributed by atoms with Gasteiger partial charge in [0.1, 0.15) is 5.82 Å². The molecule has 3 nitrogen and oxygen atoms in total. The van der Waals surface area contributed by atoms with Crippen molar-refractivity contribution in [2.75, 3.05) is 0 Å². The van der Waals surface area contributed by atoms with Gasteiger partial charge in [-0.15, -0.1) is 21.5 Å². The summed E-state index contributed by atoms with van der Waals surface area (Å²) in [6.07, 6.45) is 2.48. The third-order valence-electron chi connectivity index (χ3n) is 2.98. The molecule has 2 aromatic heterocycles. The second kappa shape index (κ2) is 3.45. The number of rotatable bonds is 1. The lowest BCUT2D eigenvalue weighted by molar-refractivity contribution is 0.466. The number of aromatic nitrogens is 3. The molecule has 0 bridgehead atoms. The summed E-state index contributed by atoms with van der Waals surface area (Å²) in [5.41, 5.74) is 0. The summed E-state index contributed by atoms with van der Waals surface area (Å²) < 4.78 is 2.28. The van der Waals surface area contributed by atoms with E-state index in [0.717, 1.165) is 18.2 Å². The zero-order valence-electron chi connectivity index (χ0n) is 8.68. The molecule has 0 saturated carbocycles. The van der Waals surface area contributed by atoms with E-state index >= 15 is 0 Å². The van der Waals surface area contributed by atoms with E-state index in [1.165, 1.54) is 17.7 Å². The summed E-state index contributed by atoms with van der Waals surface area (Å²) in [5, 5.41) is 10.7. The fourth-order valence-electron chi connectivity index (χ4n) is 2.17. The van der Waals surface area contributed by atoms with Gasteiger partial charge in [-0.1, -0.05) is 13.0 Å². The van der Waals surface area contributed by atoms with Gasteiger partial charge in [0, 0.05) is 12.5 Å². The molecule has 0 aliphatic carbocycles. The maximum Gasteiger partial charge on any atom is 0.174 e. The summed E-state index contributed by atoms with van der Waals surface area (Å²) in [4.78, 5) is 1.22. The summed E-state index contributed by atoms with van der Waals surface area (Å²) in [7, 11) is 0. The minimum atomic E-state index is 0.556. The fourth-order valence-corrected chi connectivity index (χ4v) is 2.89. The largest absolute Gasteiger partial charge is 0.310 e. The number of nitrogens with zero attached hydrogens (tertiary/aromatic N) is 3. The Balaban J connectivity index is 2.11. The van der Waals surface area contributed by atoms with E-state index in [2.05, 4.69) is 39.2 Å². The maximum atomic E-state index is 4.31. The number of fused-ring (bicyclic) bond motifs is 1. The van der Waals surface area contributed by atoms with Crippen LogP contribution < -0.4 is 0 Å². The van der Waals surface area contributed by atoms with Crippen LogP contribution in [-0.4, -0.2) is 14.8 Å². The molecule has 1 aliphatic heterocycles. The lowest BCUT2D eigenvalue weighted by Crippen LogP contribution is -2.14. The Morgan fingerprint density at radius 2 is 2.40 bits per heavy atom. The lowest BCUT2D eigenvalue weighted by atomic mass is 10.0. The molecule has 78 valence electrons. The van der Waals surface area contributed by atoms with Gasteiger partial charge < -0.3 is 4.57 Å². The Morgan fingerprint density at radius 3 is 3.20 bits per heavy atom. The van der Waals surface area contributed by atoms with Gasteiger partial charge in [-0.05, 0) is 24.3 Å². The monoisotopic (exact) mass is 219 g/mol. The lowest BCUT2D eigenvalue weighted by Gasteiger charge is -2.19. The van der Waals surface area contributed by atoms with E-state index in [-0.39, 0.29) is 0 Å². The zero-order valence-corrected chi connectivity index (χ0v) is 9.50. The Kier molecular flexibility index (Phi) is 2.09. The molecule has 1 unspecified atom stereocenters. The van der Waals surface area contributed by atoms with Gasteiger partial charge in [-0.2, -0.15) is 0 Å². The van der Waals surface area contributed by atoms with E-state index in [1.54, 1.807) is 11.3 Å². The SMILES string of the molecule is CC1CCCn2c(-c3cccs3)nnc21. The molecule has 0 spiro atoms. The first-order valence-electron chi connectivity index (χ1n) is 5.33. The molecule has 0 N–H and O–H groups in total. The van der Waals surface area contributed by atoms with Crippen LogP contribution in [0.25, 0.3) is 10.7 Å². The molecule has 0 radical (unpaired) electrons. The van der Waals surface area contributed by atoms with Crippen LogP contribution in [0, 0.1) is 0 Å². The van der Waals surface area contributed by atoms with E-state index < -0.39 is 0 Å². The highest BCUT2D eigenvalue weighted by Gasteiger charge is 2.22. The molecule has 2 aromatic rings. The van der Waals surface area contributed by atoms with Crippen LogP contribution >= 0.6 is 11.3 Å². The standard InChI is InChI=1S/C11H13N3S/c1-8-4-2-6-14-10(8)12-13-11(14)9-5-3-7-15-9/h3,5,7-8H,2,4,6H2,1H3. The van der Waals surface area contributed by atoms with Crippen molar-refractivity contribution in [3.63, 3.8) is 0 Å². The number of thiophene rings is 1. The Morgan fingerprint density at radius 1 is 1.47 bits per heavy atom. The minimum absolute atomic E-state index is 0.556. The fraction of sp³-hybridized carbons (Fsp3) is 0.455. The van der Waals surface area contributed by atoms with Gasteiger partial charge in [0.25, 0.3) is 0 Å². The molecule has 3 heterocycles. The van der Waals surface area contributed by atoms with Gasteiger partial charge in [-0.25, -0.2) is 0 Å². The molecule has 4 heteroatoms. The van der Waals surface area contributed by atoms with Crippen molar-refractivity contribution < 1.29 is 0 Å². The topological polar surface area (TPSA) is 30.7 Å². The first-order chi connectivity index (χ1) is 7.36. The Labute approximate surface area is 92.8 Å². The average molecular weight is 219 g/mol. The average Bonchev–Trinajstić information content (AvgIpc) is 2.85. The van der Waals surface area contributed by atoms with E-state index in [4.69, 9.17) is 0 Å². The van der Waals surface area contributed by atoms with Crippen molar-refractivity contribution in [3.05, 3.63) is 23.3 Å². The summed E-state index contributed by atoms with van der Waals surface area (Å²) in [6.45, 7) is 3.30. The predicted octanol–water partition coefficient (Wildman–Crippen LogP) is 2.90. The van der Waals surface area contributed by atoms with E-state index in [0.29, 0.717) is 5.92 Å². The van der Waals surface area contributed by atoms with Gasteiger partial charge in [0.2, 0.25) is 0 Å². The van der Waals surface area contributed by atoms with Gasteiger partial charge in [-0.3, -0.25) is 0 Å². The zero-order chi connectivity index (χ0) is 10.3. The van der Waals surface area contributed by atoms with E-state index in [9.17, 15) is 0 Å². The third kappa shape index (κ3) is 1.40. The van der Waals surface area contributed by atoms with Crippen LogP contribution in [0.1, 0.15) is 31.5 Å². The molecule has 0 amide bonds. The Hall–Kier alpha value is -1.16. The van der Waals surface area contributed by atoms with Crippen molar-refractivity contribution in [2.45, 2.75) is 32.2 Å². The first-order valence-corrected chi connectivity index (χ1v) is 6.21. The summed E-state index contributed by atoms with van der Waals surface area (Å²) in [6, 6.07) is 4.18.